The second-order valence-corrected chi connectivity index (χ2v) is 9.14. The Labute approximate surface area is 168 Å². The van der Waals surface area contributed by atoms with Gasteiger partial charge >= 0.3 is 0 Å². The Kier molecular flexibility index (Phi) is 6.49. The number of ether oxygens (including phenoxy) is 1. The third-order valence-corrected chi connectivity index (χ3v) is 7.42. The van der Waals surface area contributed by atoms with Crippen molar-refractivity contribution in [2.75, 3.05) is 13.2 Å². The molecular formula is C21H21NO4S2. The van der Waals surface area contributed by atoms with Gasteiger partial charge in [0, 0.05) is 17.0 Å². The maximum atomic E-state index is 13.1. The Hall–Kier alpha value is -2.64. The number of rotatable bonds is 8. The minimum Gasteiger partial charge on any atom is -0.494 e. The summed E-state index contributed by atoms with van der Waals surface area (Å²) < 4.78 is 31.6. The van der Waals surface area contributed by atoms with Crippen LogP contribution in [0.5, 0.6) is 5.75 Å². The van der Waals surface area contributed by atoms with E-state index in [2.05, 4.69) is 5.32 Å². The van der Waals surface area contributed by atoms with E-state index < -0.39 is 15.1 Å². The summed E-state index contributed by atoms with van der Waals surface area (Å²) in [5, 5.41) is 3.75. The molecule has 0 fully saturated rings. The van der Waals surface area contributed by atoms with Crippen molar-refractivity contribution in [2.45, 2.75) is 17.1 Å². The van der Waals surface area contributed by atoms with Gasteiger partial charge < -0.3 is 10.1 Å². The highest BCUT2D eigenvalue weighted by Crippen LogP contribution is 2.31. The second-order valence-electron chi connectivity index (χ2n) is 6.03. The van der Waals surface area contributed by atoms with Crippen molar-refractivity contribution >= 4 is 27.1 Å². The van der Waals surface area contributed by atoms with E-state index in [-0.39, 0.29) is 17.3 Å². The molecule has 1 heterocycles. The minimum absolute atomic E-state index is 0.0101. The predicted molar refractivity (Wildman–Crippen MR) is 111 cm³/mol. The first-order valence-corrected chi connectivity index (χ1v) is 11.3. The van der Waals surface area contributed by atoms with Crippen molar-refractivity contribution in [2.24, 2.45) is 0 Å². The lowest BCUT2D eigenvalue weighted by atomic mass is 10.2. The number of amides is 1. The average Bonchev–Trinajstić information content (AvgIpc) is 3.23. The molecule has 1 amide bonds. The predicted octanol–water partition coefficient (Wildman–Crippen LogP) is 4.09. The molecule has 3 aromatic rings. The number of carbonyl (C=O) groups is 1. The third kappa shape index (κ3) is 4.61. The van der Waals surface area contributed by atoms with Crippen LogP contribution in [-0.2, 0) is 9.84 Å². The van der Waals surface area contributed by atoms with Crippen molar-refractivity contribution in [3.8, 4) is 5.75 Å². The zero-order valence-electron chi connectivity index (χ0n) is 15.4. The van der Waals surface area contributed by atoms with Crippen LogP contribution >= 0.6 is 11.3 Å². The van der Waals surface area contributed by atoms with Crippen LogP contribution < -0.4 is 10.1 Å². The number of nitrogens with one attached hydrogen (secondary N) is 1. The van der Waals surface area contributed by atoms with E-state index in [1.165, 1.54) is 11.3 Å². The van der Waals surface area contributed by atoms with Gasteiger partial charge in [0.15, 0.2) is 9.84 Å². The van der Waals surface area contributed by atoms with Crippen molar-refractivity contribution in [1.29, 1.82) is 0 Å². The van der Waals surface area contributed by atoms with E-state index in [9.17, 15) is 13.2 Å². The zero-order valence-corrected chi connectivity index (χ0v) is 17.0. The van der Waals surface area contributed by atoms with Crippen LogP contribution in [0.4, 0.5) is 0 Å². The van der Waals surface area contributed by atoms with Crippen LogP contribution in [0.25, 0.3) is 0 Å². The van der Waals surface area contributed by atoms with Gasteiger partial charge in [0.25, 0.3) is 5.91 Å². The Morgan fingerprint density at radius 2 is 1.75 bits per heavy atom. The van der Waals surface area contributed by atoms with Crippen molar-refractivity contribution in [1.82, 2.24) is 5.32 Å². The summed E-state index contributed by atoms with van der Waals surface area (Å²) in [6, 6.07) is 18.6. The normalized spacial score (nSPS) is 12.3. The van der Waals surface area contributed by atoms with Crippen molar-refractivity contribution in [3.63, 3.8) is 0 Å². The van der Waals surface area contributed by atoms with Crippen LogP contribution in [0.3, 0.4) is 0 Å². The Morgan fingerprint density at radius 3 is 2.36 bits per heavy atom. The molecule has 7 heteroatoms. The maximum absolute atomic E-state index is 13.1. The van der Waals surface area contributed by atoms with Crippen LogP contribution in [0, 0.1) is 0 Å². The number of sulfone groups is 1. The Bertz CT molecular complexity index is 998. The second kappa shape index (κ2) is 9.03. The SMILES string of the molecule is CCOc1ccc(C(=O)NC[C@@H](c2cccs2)S(=O)(=O)c2ccccc2)cc1. The van der Waals surface area contributed by atoms with Crippen LogP contribution in [0.2, 0.25) is 0 Å². The smallest absolute Gasteiger partial charge is 0.251 e. The first kappa shape index (κ1) is 20.1. The maximum Gasteiger partial charge on any atom is 0.251 e. The monoisotopic (exact) mass is 415 g/mol. The molecule has 1 atom stereocenters. The zero-order chi connectivity index (χ0) is 20.0. The van der Waals surface area contributed by atoms with Gasteiger partial charge in [0.05, 0.1) is 11.5 Å². The minimum atomic E-state index is -3.64. The molecule has 0 bridgehead atoms. The summed E-state index contributed by atoms with van der Waals surface area (Å²) >= 11 is 1.36. The highest BCUT2D eigenvalue weighted by atomic mass is 32.2. The number of benzene rings is 2. The molecular weight excluding hydrogens is 394 g/mol. The lowest BCUT2D eigenvalue weighted by Gasteiger charge is -2.17. The fourth-order valence-electron chi connectivity index (χ4n) is 2.77. The molecule has 0 radical (unpaired) electrons. The van der Waals surface area contributed by atoms with Crippen molar-refractivity contribution < 1.29 is 17.9 Å². The highest BCUT2D eigenvalue weighted by molar-refractivity contribution is 7.91. The first-order valence-electron chi connectivity index (χ1n) is 8.85. The van der Waals surface area contributed by atoms with Crippen molar-refractivity contribution in [3.05, 3.63) is 82.6 Å². The van der Waals surface area contributed by atoms with Gasteiger partial charge in [-0.1, -0.05) is 24.3 Å². The molecule has 0 saturated heterocycles. The molecule has 0 aliphatic rings. The van der Waals surface area contributed by atoms with Crippen LogP contribution in [-0.4, -0.2) is 27.5 Å². The number of hydrogen-bond donors (Lipinski definition) is 1. The topological polar surface area (TPSA) is 72.5 Å². The van der Waals surface area contributed by atoms with E-state index in [1.54, 1.807) is 60.7 Å². The van der Waals surface area contributed by atoms with Gasteiger partial charge in [-0.2, -0.15) is 0 Å². The van der Waals surface area contributed by atoms with Gasteiger partial charge in [-0.05, 0) is 54.8 Å². The summed E-state index contributed by atoms with van der Waals surface area (Å²) in [7, 11) is -3.64. The molecule has 0 aliphatic carbocycles. The lowest BCUT2D eigenvalue weighted by Crippen LogP contribution is -2.31. The molecule has 0 unspecified atom stereocenters. The fraction of sp³-hybridized carbons (Fsp3) is 0.190. The van der Waals surface area contributed by atoms with Crippen LogP contribution in [0.1, 0.15) is 27.4 Å². The van der Waals surface area contributed by atoms with E-state index in [0.29, 0.717) is 22.8 Å². The summed E-state index contributed by atoms with van der Waals surface area (Å²) in [6.07, 6.45) is 0. The molecule has 3 rings (SSSR count). The Morgan fingerprint density at radius 1 is 1.04 bits per heavy atom. The third-order valence-electron chi connectivity index (χ3n) is 4.18. The molecule has 1 aromatic heterocycles. The van der Waals surface area contributed by atoms with Crippen LogP contribution in [0.15, 0.2) is 77.0 Å². The molecule has 1 N–H and O–H groups in total. The van der Waals surface area contributed by atoms with E-state index in [1.807, 2.05) is 18.4 Å². The fourth-order valence-corrected chi connectivity index (χ4v) is 5.57. The van der Waals surface area contributed by atoms with Gasteiger partial charge in [-0.15, -0.1) is 11.3 Å². The van der Waals surface area contributed by atoms with Gasteiger partial charge in [0.1, 0.15) is 11.0 Å². The van der Waals surface area contributed by atoms with E-state index in [0.717, 1.165) is 0 Å². The molecule has 2 aromatic carbocycles. The molecule has 0 aliphatic heterocycles. The Balaban J connectivity index is 1.78. The highest BCUT2D eigenvalue weighted by Gasteiger charge is 2.30. The molecule has 28 heavy (non-hydrogen) atoms. The van der Waals surface area contributed by atoms with E-state index in [4.69, 9.17) is 4.74 Å². The quantitative estimate of drug-likeness (QED) is 0.601. The molecule has 0 spiro atoms. The van der Waals surface area contributed by atoms with Gasteiger partial charge in [-0.3, -0.25) is 4.79 Å². The first-order chi connectivity index (χ1) is 13.5. The summed E-state index contributed by atoms with van der Waals surface area (Å²) in [5.41, 5.74) is 0.450. The number of hydrogen-bond acceptors (Lipinski definition) is 5. The largest absolute Gasteiger partial charge is 0.494 e. The lowest BCUT2D eigenvalue weighted by molar-refractivity contribution is 0.0953. The number of carbonyl (C=O) groups excluding carboxylic acids is 1. The summed E-state index contributed by atoms with van der Waals surface area (Å²) in [6.45, 7) is 2.42. The molecule has 146 valence electrons. The number of thiophene rings is 1. The van der Waals surface area contributed by atoms with E-state index >= 15 is 0 Å². The average molecular weight is 416 g/mol. The van der Waals surface area contributed by atoms with Gasteiger partial charge in [0.2, 0.25) is 0 Å². The summed E-state index contributed by atoms with van der Waals surface area (Å²) in [4.78, 5) is 13.4. The standard InChI is InChI=1S/C21H21NO4S2/c1-2-26-17-12-10-16(11-13-17)21(23)22-15-20(19-9-6-14-27-19)28(24,25)18-7-4-3-5-8-18/h3-14,20H,2,15H2,1H3,(H,22,23)/t20-/m0/s1. The molecule has 5 nitrogen and oxygen atoms in total. The molecule has 0 saturated carbocycles. The van der Waals surface area contributed by atoms with Gasteiger partial charge in [-0.25, -0.2) is 8.42 Å². The summed E-state index contributed by atoms with van der Waals surface area (Å²) in [5.74, 6) is 0.357.